The molecule has 134 valence electrons. The molecule has 0 spiro atoms. The molecule has 0 aliphatic rings. The van der Waals surface area contributed by atoms with Crippen molar-refractivity contribution in [1.29, 1.82) is 0 Å². The first-order valence-corrected chi connectivity index (χ1v) is 8.53. The Morgan fingerprint density at radius 3 is 3.00 bits per heavy atom. The molecule has 0 radical (unpaired) electrons. The van der Waals surface area contributed by atoms with Gasteiger partial charge in [-0.25, -0.2) is 19.4 Å². The Morgan fingerprint density at radius 2 is 2.23 bits per heavy atom. The fourth-order valence-electron chi connectivity index (χ4n) is 2.07. The Labute approximate surface area is 151 Å². The molecule has 1 N–H and O–H groups in total. The zero-order chi connectivity index (χ0) is 18.5. The zero-order valence-corrected chi connectivity index (χ0v) is 14.5. The van der Waals surface area contributed by atoms with Crippen LogP contribution >= 0.6 is 11.3 Å². The van der Waals surface area contributed by atoms with Crippen LogP contribution in [0.4, 0.5) is 9.52 Å². The monoisotopic (exact) mass is 375 g/mol. The van der Waals surface area contributed by atoms with Gasteiger partial charge in [0.1, 0.15) is 5.82 Å². The predicted molar refractivity (Wildman–Crippen MR) is 93.3 cm³/mol. The van der Waals surface area contributed by atoms with E-state index in [4.69, 9.17) is 9.15 Å². The van der Waals surface area contributed by atoms with Crippen molar-refractivity contribution in [3.05, 3.63) is 46.9 Å². The molecule has 7 nitrogen and oxygen atoms in total. The summed E-state index contributed by atoms with van der Waals surface area (Å²) in [5.41, 5.74) is 0.718. The van der Waals surface area contributed by atoms with Crippen LogP contribution in [0.1, 0.15) is 18.3 Å². The summed E-state index contributed by atoms with van der Waals surface area (Å²) < 4.78 is 23.7. The number of hydrogen-bond donors (Lipinski definition) is 1. The average Bonchev–Trinajstić information content (AvgIpc) is 3.20. The lowest BCUT2D eigenvalue weighted by Gasteiger charge is -1.97. The number of thiazole rings is 1. The van der Waals surface area contributed by atoms with Crippen molar-refractivity contribution in [1.82, 2.24) is 9.97 Å². The Morgan fingerprint density at radius 1 is 1.42 bits per heavy atom. The van der Waals surface area contributed by atoms with Crippen molar-refractivity contribution >= 4 is 28.7 Å². The number of aromatic nitrogens is 2. The summed E-state index contributed by atoms with van der Waals surface area (Å²) >= 11 is 1.22. The van der Waals surface area contributed by atoms with Crippen molar-refractivity contribution in [2.45, 2.75) is 13.3 Å². The van der Waals surface area contributed by atoms with E-state index < -0.39 is 11.8 Å². The topological polar surface area (TPSA) is 97.8 Å². The van der Waals surface area contributed by atoms with Gasteiger partial charge in [0.15, 0.2) is 5.69 Å². The van der Waals surface area contributed by atoms with Crippen LogP contribution in [0.2, 0.25) is 0 Å². The van der Waals surface area contributed by atoms with Gasteiger partial charge in [-0.1, -0.05) is 12.1 Å². The number of hydrogen-bond acceptors (Lipinski definition) is 8. The molecule has 0 aliphatic heterocycles. The minimum absolute atomic E-state index is 0.0467. The Kier molecular flexibility index (Phi) is 5.37. The van der Waals surface area contributed by atoms with Crippen molar-refractivity contribution in [3.8, 4) is 17.4 Å². The lowest BCUT2D eigenvalue weighted by molar-refractivity contribution is -0.142. The number of halogens is 1. The van der Waals surface area contributed by atoms with E-state index in [1.807, 2.05) is 0 Å². The SMILES string of the molecule is CCOC(=O)Cc1csc(N=Cc2nc(-c3ccccc3F)oc2O)n1. The molecule has 0 bridgehead atoms. The van der Waals surface area contributed by atoms with Gasteiger partial charge in [0.2, 0.25) is 11.0 Å². The highest BCUT2D eigenvalue weighted by Gasteiger charge is 2.15. The molecule has 2 aromatic heterocycles. The third-order valence-corrected chi connectivity index (χ3v) is 4.00. The van der Waals surface area contributed by atoms with Crippen LogP contribution in [0.5, 0.6) is 5.95 Å². The van der Waals surface area contributed by atoms with Gasteiger partial charge in [0.05, 0.1) is 30.5 Å². The maximum absolute atomic E-state index is 13.8. The molecule has 0 aliphatic carbocycles. The van der Waals surface area contributed by atoms with Gasteiger partial charge in [0.25, 0.3) is 0 Å². The molecule has 1 aromatic carbocycles. The Bertz CT molecular complexity index is 951. The van der Waals surface area contributed by atoms with Gasteiger partial charge in [-0.15, -0.1) is 11.3 Å². The van der Waals surface area contributed by atoms with Crippen molar-refractivity contribution in [3.63, 3.8) is 0 Å². The van der Waals surface area contributed by atoms with E-state index in [9.17, 15) is 14.3 Å². The van der Waals surface area contributed by atoms with Gasteiger partial charge in [-0.2, -0.15) is 0 Å². The fourth-order valence-corrected chi connectivity index (χ4v) is 2.73. The Balaban J connectivity index is 1.74. The second-order valence-corrected chi connectivity index (χ2v) is 5.89. The van der Waals surface area contributed by atoms with Gasteiger partial charge in [0, 0.05) is 5.38 Å². The molecule has 3 aromatic rings. The number of aliphatic imine (C=N–C) groups is 1. The van der Waals surface area contributed by atoms with E-state index >= 15 is 0 Å². The van der Waals surface area contributed by atoms with Gasteiger partial charge in [-0.05, 0) is 19.1 Å². The highest BCUT2D eigenvalue weighted by atomic mass is 32.1. The minimum Gasteiger partial charge on any atom is -0.479 e. The summed E-state index contributed by atoms with van der Waals surface area (Å²) in [7, 11) is 0. The van der Waals surface area contributed by atoms with Crippen LogP contribution < -0.4 is 0 Å². The molecular formula is C17H14FN3O4S. The number of oxazole rings is 1. The molecule has 0 atom stereocenters. The summed E-state index contributed by atoms with van der Waals surface area (Å²) in [5.74, 6) is -1.41. The largest absolute Gasteiger partial charge is 0.479 e. The molecule has 2 heterocycles. The van der Waals surface area contributed by atoms with Crippen LogP contribution in [-0.4, -0.2) is 33.9 Å². The van der Waals surface area contributed by atoms with Crippen LogP contribution in [0.3, 0.4) is 0 Å². The van der Waals surface area contributed by atoms with Gasteiger partial charge >= 0.3 is 11.9 Å². The number of ether oxygens (including phenoxy) is 1. The normalized spacial score (nSPS) is 11.2. The summed E-state index contributed by atoms with van der Waals surface area (Å²) in [5, 5.41) is 11.9. The zero-order valence-electron chi connectivity index (χ0n) is 13.7. The molecule has 0 amide bonds. The third-order valence-electron chi connectivity index (χ3n) is 3.21. The number of esters is 1. The van der Waals surface area contributed by atoms with Crippen LogP contribution in [0.25, 0.3) is 11.5 Å². The fraction of sp³-hybridized carbons (Fsp3) is 0.176. The molecule has 0 unspecified atom stereocenters. The van der Waals surface area contributed by atoms with E-state index in [0.29, 0.717) is 17.4 Å². The number of aromatic hydroxyl groups is 1. The maximum atomic E-state index is 13.8. The summed E-state index contributed by atoms with van der Waals surface area (Å²) in [4.78, 5) is 23.7. The molecule has 9 heteroatoms. The van der Waals surface area contributed by atoms with E-state index in [2.05, 4.69) is 15.0 Å². The van der Waals surface area contributed by atoms with Crippen molar-refractivity contribution < 1.29 is 23.4 Å². The lowest BCUT2D eigenvalue weighted by Crippen LogP contribution is -2.07. The first kappa shape index (κ1) is 17.7. The van der Waals surface area contributed by atoms with E-state index in [-0.39, 0.29) is 29.5 Å². The van der Waals surface area contributed by atoms with Crippen LogP contribution in [0.15, 0.2) is 39.1 Å². The lowest BCUT2D eigenvalue weighted by atomic mass is 10.2. The molecule has 0 fully saturated rings. The van der Waals surface area contributed by atoms with E-state index in [1.165, 1.54) is 29.7 Å². The smallest absolute Gasteiger partial charge is 0.312 e. The average molecular weight is 375 g/mol. The Hall–Kier alpha value is -3.07. The summed E-state index contributed by atoms with van der Waals surface area (Å²) in [6.07, 6.45) is 1.32. The third kappa shape index (κ3) is 4.12. The van der Waals surface area contributed by atoms with Crippen molar-refractivity contribution in [2.24, 2.45) is 4.99 Å². The second-order valence-electron chi connectivity index (χ2n) is 5.05. The molecule has 0 saturated carbocycles. The highest BCUT2D eigenvalue weighted by Crippen LogP contribution is 2.28. The van der Waals surface area contributed by atoms with Crippen LogP contribution in [0, 0.1) is 5.82 Å². The van der Waals surface area contributed by atoms with E-state index in [1.54, 1.807) is 24.4 Å². The number of carbonyl (C=O) groups is 1. The number of rotatable bonds is 6. The molecular weight excluding hydrogens is 361 g/mol. The molecule has 26 heavy (non-hydrogen) atoms. The number of benzene rings is 1. The standard InChI is InChI=1S/C17H14FN3O4S/c1-2-24-14(22)7-10-9-26-17(20-10)19-8-13-16(23)25-15(21-13)11-5-3-4-6-12(11)18/h3-6,8-9,23H,2,7H2,1H3. The van der Waals surface area contributed by atoms with E-state index in [0.717, 1.165) is 0 Å². The summed E-state index contributed by atoms with van der Waals surface area (Å²) in [6.45, 7) is 2.04. The second kappa shape index (κ2) is 7.87. The van der Waals surface area contributed by atoms with Gasteiger partial charge in [-0.3, -0.25) is 4.79 Å². The summed E-state index contributed by atoms with van der Waals surface area (Å²) in [6, 6.07) is 5.93. The molecule has 0 saturated heterocycles. The first-order chi connectivity index (χ1) is 12.6. The first-order valence-electron chi connectivity index (χ1n) is 7.65. The number of nitrogens with zero attached hydrogens (tertiary/aromatic N) is 3. The maximum Gasteiger partial charge on any atom is 0.312 e. The number of carbonyl (C=O) groups excluding carboxylic acids is 1. The van der Waals surface area contributed by atoms with Crippen LogP contribution in [-0.2, 0) is 16.0 Å². The minimum atomic E-state index is -0.513. The molecule has 3 rings (SSSR count). The highest BCUT2D eigenvalue weighted by molar-refractivity contribution is 7.13. The van der Waals surface area contributed by atoms with Gasteiger partial charge < -0.3 is 14.3 Å². The quantitative estimate of drug-likeness (QED) is 0.523. The predicted octanol–water partition coefficient (Wildman–Crippen LogP) is 3.50. The van der Waals surface area contributed by atoms with Crippen molar-refractivity contribution in [2.75, 3.05) is 6.61 Å².